The number of benzene rings is 2. The zero-order valence-electron chi connectivity index (χ0n) is 23.8. The van der Waals surface area contributed by atoms with Gasteiger partial charge < -0.3 is 19.9 Å². The number of fused-ring (bicyclic) bond motifs is 1. The number of hydrogen-bond donors (Lipinski definition) is 2. The lowest BCUT2D eigenvalue weighted by Gasteiger charge is -2.29. The van der Waals surface area contributed by atoms with E-state index in [1.54, 1.807) is 18.2 Å². The quantitative estimate of drug-likeness (QED) is 0.309. The molecule has 0 aliphatic carbocycles. The van der Waals surface area contributed by atoms with Crippen LogP contribution < -0.4 is 19.9 Å². The van der Waals surface area contributed by atoms with E-state index in [1.165, 1.54) is 0 Å². The molecule has 6 rings (SSSR count). The number of carbonyl (C=O) groups excluding carboxylic acids is 3. The second kappa shape index (κ2) is 13.1. The Bertz CT molecular complexity index is 1590. The molecule has 2 aliphatic heterocycles. The molecule has 1 atom stereocenters. The van der Waals surface area contributed by atoms with Crippen molar-refractivity contribution in [3.63, 3.8) is 0 Å². The lowest BCUT2D eigenvalue weighted by Crippen LogP contribution is -2.38. The number of amides is 3. The number of nitrogens with one attached hydrogen (secondary N) is 2. The third kappa shape index (κ3) is 6.24. The van der Waals surface area contributed by atoms with E-state index in [4.69, 9.17) is 4.74 Å². The van der Waals surface area contributed by atoms with Crippen molar-refractivity contribution in [2.75, 3.05) is 30.0 Å². The highest BCUT2D eigenvalue weighted by Gasteiger charge is 2.33. The molecule has 43 heavy (non-hydrogen) atoms. The standard InChI is InChI=1S/C32H32N6O4.ClH/c1-42-25-14-8-21(9-15-25)29(34-27(39)20-22-6-2-4-17-33-22)30-26-16-19-38(32(41)31(26)36-35-30)24-12-10-23(11-13-24)37-18-5-3-7-28(37)40;/h2,4,6,8-15,17,29H,3,5,7,16,18-20H2,1H3,(H,34,39)(H,35,36);1H. The molecule has 2 aliphatic rings. The van der Waals surface area contributed by atoms with Crippen LogP contribution in [-0.2, 0) is 22.4 Å². The van der Waals surface area contributed by atoms with Gasteiger partial charge in [-0.25, -0.2) is 0 Å². The number of nitrogens with zero attached hydrogens (tertiary/aromatic N) is 4. The molecule has 0 radical (unpaired) electrons. The molecule has 3 amide bonds. The number of methoxy groups -OCH3 is 1. The van der Waals surface area contributed by atoms with Gasteiger partial charge in [-0.1, -0.05) is 18.2 Å². The zero-order valence-corrected chi connectivity index (χ0v) is 24.6. The molecule has 2 aromatic heterocycles. The highest BCUT2D eigenvalue weighted by Crippen LogP contribution is 2.32. The van der Waals surface area contributed by atoms with Crippen LogP contribution >= 0.6 is 12.4 Å². The van der Waals surface area contributed by atoms with Crippen LogP contribution in [0.25, 0.3) is 0 Å². The number of H-pyrrole nitrogens is 1. The summed E-state index contributed by atoms with van der Waals surface area (Å²) >= 11 is 0. The van der Waals surface area contributed by atoms with Crippen molar-refractivity contribution in [3.8, 4) is 5.75 Å². The van der Waals surface area contributed by atoms with Crippen molar-refractivity contribution < 1.29 is 19.1 Å². The fourth-order valence-corrected chi connectivity index (χ4v) is 5.64. The minimum atomic E-state index is -0.552. The number of anilines is 2. The van der Waals surface area contributed by atoms with Gasteiger partial charge in [0.2, 0.25) is 11.8 Å². The van der Waals surface area contributed by atoms with E-state index in [1.807, 2.05) is 71.6 Å². The Morgan fingerprint density at radius 3 is 2.37 bits per heavy atom. The van der Waals surface area contributed by atoms with Gasteiger partial charge in [-0.05, 0) is 73.4 Å². The Morgan fingerprint density at radius 2 is 1.70 bits per heavy atom. The summed E-state index contributed by atoms with van der Waals surface area (Å²) in [6.45, 7) is 1.17. The van der Waals surface area contributed by atoms with Crippen LogP contribution in [0.5, 0.6) is 5.75 Å². The number of halogens is 1. The summed E-state index contributed by atoms with van der Waals surface area (Å²) in [7, 11) is 1.60. The van der Waals surface area contributed by atoms with Gasteiger partial charge in [0.05, 0.1) is 25.3 Å². The average molecular weight is 601 g/mol. The monoisotopic (exact) mass is 600 g/mol. The van der Waals surface area contributed by atoms with E-state index >= 15 is 0 Å². The summed E-state index contributed by atoms with van der Waals surface area (Å²) in [6.07, 6.45) is 4.82. The third-order valence-corrected chi connectivity index (χ3v) is 7.84. The first-order valence-corrected chi connectivity index (χ1v) is 14.1. The highest BCUT2D eigenvalue weighted by molar-refractivity contribution is 6.07. The Labute approximate surface area is 255 Å². The van der Waals surface area contributed by atoms with E-state index in [0.717, 1.165) is 35.3 Å². The number of rotatable bonds is 8. The molecule has 222 valence electrons. The average Bonchev–Trinajstić information content (AvgIpc) is 3.46. The van der Waals surface area contributed by atoms with E-state index in [9.17, 15) is 14.4 Å². The van der Waals surface area contributed by atoms with Crippen molar-refractivity contribution >= 4 is 41.5 Å². The maximum Gasteiger partial charge on any atom is 0.279 e. The molecule has 4 aromatic rings. The number of carbonyl (C=O) groups is 3. The van der Waals surface area contributed by atoms with Gasteiger partial charge in [-0.2, -0.15) is 5.10 Å². The molecular weight excluding hydrogens is 568 g/mol. The summed E-state index contributed by atoms with van der Waals surface area (Å²) in [6, 6.07) is 19.9. The summed E-state index contributed by atoms with van der Waals surface area (Å²) in [5, 5.41) is 10.6. The molecule has 0 bridgehead atoms. The minimum absolute atomic E-state index is 0. The predicted octanol–water partition coefficient (Wildman–Crippen LogP) is 4.40. The topological polar surface area (TPSA) is 121 Å². The lowest BCUT2D eigenvalue weighted by molar-refractivity contribution is -0.121. The zero-order chi connectivity index (χ0) is 29.1. The van der Waals surface area contributed by atoms with Crippen LogP contribution in [0.3, 0.4) is 0 Å². The van der Waals surface area contributed by atoms with Crippen LogP contribution in [0.15, 0.2) is 72.9 Å². The number of pyridine rings is 1. The molecule has 1 fully saturated rings. The number of ether oxygens (including phenoxy) is 1. The van der Waals surface area contributed by atoms with Gasteiger partial charge in [0, 0.05) is 48.3 Å². The molecule has 0 spiro atoms. The second-order valence-corrected chi connectivity index (χ2v) is 10.5. The Hall–Kier alpha value is -4.70. The Balaban J connectivity index is 0.00000368. The van der Waals surface area contributed by atoms with Crippen LogP contribution in [0, 0.1) is 0 Å². The van der Waals surface area contributed by atoms with Gasteiger partial charge in [0.1, 0.15) is 5.75 Å². The van der Waals surface area contributed by atoms with Gasteiger partial charge >= 0.3 is 0 Å². The smallest absolute Gasteiger partial charge is 0.279 e. The molecule has 0 saturated carbocycles. The summed E-state index contributed by atoms with van der Waals surface area (Å²) < 4.78 is 5.32. The van der Waals surface area contributed by atoms with Gasteiger partial charge in [-0.15, -0.1) is 12.4 Å². The van der Waals surface area contributed by atoms with E-state index in [0.29, 0.717) is 48.8 Å². The van der Waals surface area contributed by atoms with Crippen LogP contribution in [-0.4, -0.2) is 53.1 Å². The maximum atomic E-state index is 13.6. The summed E-state index contributed by atoms with van der Waals surface area (Å²) in [5.74, 6) is 0.420. The first kappa shape index (κ1) is 29.8. The van der Waals surface area contributed by atoms with Gasteiger partial charge in [0.25, 0.3) is 5.91 Å². The SMILES string of the molecule is COc1ccc(C(NC(=O)Cc2ccccn2)c2[nH]nc3c2CCN(c2ccc(N4CCCCC4=O)cc2)C3=O)cc1.Cl. The molecule has 2 aromatic carbocycles. The molecule has 10 nitrogen and oxygen atoms in total. The van der Waals surface area contributed by atoms with Crippen LogP contribution in [0.2, 0.25) is 0 Å². The van der Waals surface area contributed by atoms with Crippen molar-refractivity contribution in [1.29, 1.82) is 0 Å². The number of aromatic amines is 1. The highest BCUT2D eigenvalue weighted by atomic mass is 35.5. The largest absolute Gasteiger partial charge is 0.497 e. The van der Waals surface area contributed by atoms with Crippen LogP contribution in [0.4, 0.5) is 11.4 Å². The fraction of sp³-hybridized carbons (Fsp3) is 0.281. The normalized spacial score (nSPS) is 15.4. The molecule has 11 heteroatoms. The van der Waals surface area contributed by atoms with E-state index in [-0.39, 0.29) is 36.5 Å². The second-order valence-electron chi connectivity index (χ2n) is 10.5. The third-order valence-electron chi connectivity index (χ3n) is 7.84. The first-order chi connectivity index (χ1) is 20.5. The van der Waals surface area contributed by atoms with Crippen LogP contribution in [0.1, 0.15) is 58.3 Å². The lowest BCUT2D eigenvalue weighted by atomic mass is 9.95. The fourth-order valence-electron chi connectivity index (χ4n) is 5.64. The number of hydrogen-bond acceptors (Lipinski definition) is 6. The molecule has 1 saturated heterocycles. The predicted molar refractivity (Wildman–Crippen MR) is 165 cm³/mol. The van der Waals surface area contributed by atoms with E-state index in [2.05, 4.69) is 20.5 Å². The summed E-state index contributed by atoms with van der Waals surface area (Å²) in [5.41, 5.74) is 4.88. The molecule has 4 heterocycles. The maximum absolute atomic E-state index is 13.6. The van der Waals surface area contributed by atoms with Crippen molar-refractivity contribution in [1.82, 2.24) is 20.5 Å². The van der Waals surface area contributed by atoms with E-state index < -0.39 is 6.04 Å². The van der Waals surface area contributed by atoms with Gasteiger partial charge in [-0.3, -0.25) is 24.5 Å². The molecule has 2 N–H and O–H groups in total. The summed E-state index contributed by atoms with van der Waals surface area (Å²) in [4.78, 5) is 46.9. The van der Waals surface area contributed by atoms with Crippen molar-refractivity contribution in [2.24, 2.45) is 0 Å². The van der Waals surface area contributed by atoms with Crippen molar-refractivity contribution in [2.45, 2.75) is 38.1 Å². The molecule has 1 unspecified atom stereocenters. The van der Waals surface area contributed by atoms with Gasteiger partial charge in [0.15, 0.2) is 5.69 Å². The Kier molecular flexibility index (Phi) is 9.06. The molecular formula is C32H33ClN6O4. The first-order valence-electron chi connectivity index (χ1n) is 14.1. The number of piperidine rings is 1. The minimum Gasteiger partial charge on any atom is -0.497 e. The number of aromatic nitrogens is 3. The van der Waals surface area contributed by atoms with Crippen molar-refractivity contribution in [3.05, 3.63) is 101 Å². The Morgan fingerprint density at radius 1 is 0.953 bits per heavy atom.